The average Bonchev–Trinajstić information content (AvgIpc) is 2.78. The van der Waals surface area contributed by atoms with Crippen molar-refractivity contribution in [3.05, 3.63) is 12.4 Å². The van der Waals surface area contributed by atoms with Crippen LogP contribution in [0, 0.1) is 11.8 Å². The molecule has 3 heterocycles. The summed E-state index contributed by atoms with van der Waals surface area (Å²) in [5.74, 6) is 1.71. The number of nitrogens with zero attached hydrogens (tertiary/aromatic N) is 2. The van der Waals surface area contributed by atoms with Gasteiger partial charge in [-0.25, -0.2) is 0 Å². The maximum Gasteiger partial charge on any atom is 0.0749 e. The van der Waals surface area contributed by atoms with Crippen molar-refractivity contribution in [1.82, 2.24) is 15.5 Å². The lowest BCUT2D eigenvalue weighted by molar-refractivity contribution is 0.533. The summed E-state index contributed by atoms with van der Waals surface area (Å²) >= 11 is 0. The second kappa shape index (κ2) is 2.73. The number of rotatable bonds is 1. The Hall–Kier alpha value is -1.03. The fraction of sp³-hybridized carbons (Fsp3) is 0.667. The summed E-state index contributed by atoms with van der Waals surface area (Å²) in [6.07, 6.45) is 3.89. The van der Waals surface area contributed by atoms with Gasteiger partial charge in [0.05, 0.1) is 11.9 Å². The third-order valence-electron chi connectivity index (χ3n) is 3.24. The SMILES string of the molecule is c1n[nH]cc1N1C[C@H]2CNC[C@H]2C1. The zero-order valence-corrected chi connectivity index (χ0v) is 7.53. The zero-order valence-electron chi connectivity index (χ0n) is 7.53. The van der Waals surface area contributed by atoms with Crippen LogP contribution in [0.4, 0.5) is 5.69 Å². The maximum absolute atomic E-state index is 3.98. The molecule has 1 aromatic heterocycles. The molecule has 2 saturated heterocycles. The highest BCUT2D eigenvalue weighted by Crippen LogP contribution is 2.29. The average molecular weight is 178 g/mol. The molecule has 3 rings (SSSR count). The first-order valence-corrected chi connectivity index (χ1v) is 4.88. The predicted octanol–water partition coefficient (Wildman–Crippen LogP) is 0.0653. The van der Waals surface area contributed by atoms with E-state index < -0.39 is 0 Å². The van der Waals surface area contributed by atoms with Crippen LogP contribution in [0.2, 0.25) is 0 Å². The second-order valence-electron chi connectivity index (χ2n) is 4.04. The van der Waals surface area contributed by atoms with Gasteiger partial charge in [0.1, 0.15) is 0 Å². The Balaban J connectivity index is 1.76. The van der Waals surface area contributed by atoms with Crippen molar-refractivity contribution in [2.45, 2.75) is 0 Å². The Labute approximate surface area is 77.3 Å². The molecule has 13 heavy (non-hydrogen) atoms. The summed E-state index contributed by atoms with van der Waals surface area (Å²) in [6, 6.07) is 0. The monoisotopic (exact) mass is 178 g/mol. The van der Waals surface area contributed by atoms with Crippen LogP contribution >= 0.6 is 0 Å². The highest BCUT2D eigenvalue weighted by atomic mass is 15.2. The molecule has 2 N–H and O–H groups in total. The minimum atomic E-state index is 0.856. The summed E-state index contributed by atoms with van der Waals surface area (Å²) in [5, 5.41) is 10.3. The van der Waals surface area contributed by atoms with E-state index in [1.807, 2.05) is 12.4 Å². The van der Waals surface area contributed by atoms with Gasteiger partial charge in [-0.3, -0.25) is 5.10 Å². The number of aromatic nitrogens is 2. The summed E-state index contributed by atoms with van der Waals surface area (Å²) in [5.41, 5.74) is 1.24. The molecule has 4 heteroatoms. The summed E-state index contributed by atoms with van der Waals surface area (Å²) in [7, 11) is 0. The summed E-state index contributed by atoms with van der Waals surface area (Å²) in [6.45, 7) is 4.77. The number of H-pyrrole nitrogens is 1. The van der Waals surface area contributed by atoms with Gasteiger partial charge in [0.2, 0.25) is 0 Å². The molecule has 0 bridgehead atoms. The molecule has 0 radical (unpaired) electrons. The molecular formula is C9H14N4. The Bertz CT molecular complexity index is 270. The van der Waals surface area contributed by atoms with Crippen molar-refractivity contribution < 1.29 is 0 Å². The molecule has 2 aliphatic rings. The first-order chi connectivity index (χ1) is 6.43. The van der Waals surface area contributed by atoms with Crippen LogP contribution in [0.3, 0.4) is 0 Å². The van der Waals surface area contributed by atoms with Crippen LogP contribution in [-0.2, 0) is 0 Å². The van der Waals surface area contributed by atoms with Gasteiger partial charge in [0.25, 0.3) is 0 Å². The van der Waals surface area contributed by atoms with E-state index in [9.17, 15) is 0 Å². The molecule has 70 valence electrons. The number of hydrogen-bond donors (Lipinski definition) is 2. The van der Waals surface area contributed by atoms with E-state index in [0.29, 0.717) is 0 Å². The van der Waals surface area contributed by atoms with Gasteiger partial charge in [-0.05, 0) is 11.8 Å². The number of hydrogen-bond acceptors (Lipinski definition) is 3. The van der Waals surface area contributed by atoms with Gasteiger partial charge in [-0.1, -0.05) is 0 Å². The lowest BCUT2D eigenvalue weighted by Crippen LogP contribution is -2.24. The summed E-state index contributed by atoms with van der Waals surface area (Å²) < 4.78 is 0. The number of fused-ring (bicyclic) bond motifs is 1. The lowest BCUT2D eigenvalue weighted by Gasteiger charge is -2.16. The first-order valence-electron chi connectivity index (χ1n) is 4.88. The minimum Gasteiger partial charge on any atom is -0.368 e. The molecule has 0 aliphatic carbocycles. The molecule has 1 aromatic rings. The van der Waals surface area contributed by atoms with Crippen LogP contribution in [0.15, 0.2) is 12.4 Å². The highest BCUT2D eigenvalue weighted by Gasteiger charge is 2.36. The van der Waals surface area contributed by atoms with E-state index in [-0.39, 0.29) is 0 Å². The van der Waals surface area contributed by atoms with Crippen molar-refractivity contribution in [3.8, 4) is 0 Å². The van der Waals surface area contributed by atoms with E-state index >= 15 is 0 Å². The molecule has 0 aromatic carbocycles. The van der Waals surface area contributed by atoms with Crippen molar-refractivity contribution in [3.63, 3.8) is 0 Å². The third-order valence-corrected chi connectivity index (χ3v) is 3.24. The standard InChI is InChI=1S/C9H14N4/c1-7-5-13(6-8(7)2-10-1)9-3-11-12-4-9/h3-4,7-8,10H,1-2,5-6H2,(H,11,12)/t7-,8+. The molecule has 0 unspecified atom stereocenters. The van der Waals surface area contributed by atoms with Crippen molar-refractivity contribution in [1.29, 1.82) is 0 Å². The van der Waals surface area contributed by atoms with E-state index in [4.69, 9.17) is 0 Å². The van der Waals surface area contributed by atoms with Crippen LogP contribution in [0.1, 0.15) is 0 Å². The van der Waals surface area contributed by atoms with Gasteiger partial charge in [-0.2, -0.15) is 5.10 Å². The van der Waals surface area contributed by atoms with Gasteiger partial charge in [0, 0.05) is 32.4 Å². The Morgan fingerprint density at radius 2 is 2.08 bits per heavy atom. The number of aromatic amines is 1. The van der Waals surface area contributed by atoms with Gasteiger partial charge in [0.15, 0.2) is 0 Å². The molecule has 0 amide bonds. The Morgan fingerprint density at radius 1 is 1.31 bits per heavy atom. The Morgan fingerprint density at radius 3 is 2.69 bits per heavy atom. The van der Waals surface area contributed by atoms with Crippen LogP contribution in [-0.4, -0.2) is 36.4 Å². The minimum absolute atomic E-state index is 0.856. The van der Waals surface area contributed by atoms with Crippen molar-refractivity contribution >= 4 is 5.69 Å². The van der Waals surface area contributed by atoms with Crippen LogP contribution in [0.5, 0.6) is 0 Å². The number of nitrogens with one attached hydrogen (secondary N) is 2. The molecular weight excluding hydrogens is 164 g/mol. The third kappa shape index (κ3) is 1.13. The fourth-order valence-electron chi connectivity index (χ4n) is 2.48. The zero-order chi connectivity index (χ0) is 8.67. The normalized spacial score (nSPS) is 32.5. The topological polar surface area (TPSA) is 44.0 Å². The smallest absolute Gasteiger partial charge is 0.0749 e. The number of anilines is 1. The quantitative estimate of drug-likeness (QED) is 0.639. The summed E-state index contributed by atoms with van der Waals surface area (Å²) in [4.78, 5) is 2.43. The molecule has 4 nitrogen and oxygen atoms in total. The van der Waals surface area contributed by atoms with E-state index in [2.05, 4.69) is 20.4 Å². The van der Waals surface area contributed by atoms with Crippen molar-refractivity contribution in [2.75, 3.05) is 31.1 Å². The van der Waals surface area contributed by atoms with Crippen LogP contribution < -0.4 is 10.2 Å². The fourth-order valence-corrected chi connectivity index (χ4v) is 2.48. The van der Waals surface area contributed by atoms with E-state index in [0.717, 1.165) is 11.8 Å². The lowest BCUT2D eigenvalue weighted by atomic mass is 10.0. The highest BCUT2D eigenvalue weighted by molar-refractivity contribution is 5.43. The van der Waals surface area contributed by atoms with Gasteiger partial charge < -0.3 is 10.2 Å². The Kier molecular flexibility index (Phi) is 1.55. The van der Waals surface area contributed by atoms with Gasteiger partial charge >= 0.3 is 0 Å². The first kappa shape index (κ1) is 7.38. The van der Waals surface area contributed by atoms with E-state index in [1.54, 1.807) is 0 Å². The van der Waals surface area contributed by atoms with Gasteiger partial charge in [-0.15, -0.1) is 0 Å². The second-order valence-corrected chi connectivity index (χ2v) is 4.04. The molecule has 0 saturated carbocycles. The largest absolute Gasteiger partial charge is 0.368 e. The molecule has 2 atom stereocenters. The molecule has 2 aliphatic heterocycles. The maximum atomic E-state index is 3.98. The molecule has 0 spiro atoms. The predicted molar refractivity (Wildman–Crippen MR) is 50.7 cm³/mol. The molecule has 2 fully saturated rings. The van der Waals surface area contributed by atoms with E-state index in [1.165, 1.54) is 31.9 Å². The van der Waals surface area contributed by atoms with Crippen LogP contribution in [0.25, 0.3) is 0 Å². The van der Waals surface area contributed by atoms with Crippen molar-refractivity contribution in [2.24, 2.45) is 11.8 Å².